The van der Waals surface area contributed by atoms with E-state index in [0.717, 1.165) is 42.8 Å². The lowest BCUT2D eigenvalue weighted by molar-refractivity contribution is 1.22. The lowest BCUT2D eigenvalue weighted by Crippen LogP contribution is -2.74. The first-order valence-electron chi connectivity index (χ1n) is 12.9. The van der Waals surface area contributed by atoms with Gasteiger partial charge in [0.1, 0.15) is 6.33 Å². The van der Waals surface area contributed by atoms with Gasteiger partial charge in [0.2, 0.25) is 0 Å². The number of benzene rings is 5. The molecular weight excluding hydrogens is 519 g/mol. The molecule has 0 saturated carbocycles. The molecule has 6 aromatic rings. The second-order valence-electron chi connectivity index (χ2n) is 9.63. The summed E-state index contributed by atoms with van der Waals surface area (Å²) in [4.78, 5) is 15.7. The fourth-order valence-electron chi connectivity index (χ4n) is 5.44. The second-order valence-corrected chi connectivity index (χ2v) is 13.4. The van der Waals surface area contributed by atoms with Crippen molar-refractivity contribution in [2.45, 2.75) is 0 Å². The normalized spacial score (nSPS) is 10.9. The van der Waals surface area contributed by atoms with E-state index >= 15 is 0 Å². The number of rotatable bonds is 5. The van der Waals surface area contributed by atoms with Crippen molar-refractivity contribution in [1.82, 2.24) is 9.97 Å². The Balaban J connectivity index is 1.59. The van der Waals surface area contributed by atoms with Crippen molar-refractivity contribution in [2.75, 3.05) is 0 Å². The summed E-state index contributed by atoms with van der Waals surface area (Å²) in [6.45, 7) is 15.0. The molecule has 0 aliphatic heterocycles. The molecule has 0 bridgehead atoms. The summed E-state index contributed by atoms with van der Waals surface area (Å²) >= 11 is 0. The molecule has 0 radical (unpaired) electrons. The SMILES string of the molecule is [C-]#[N+]c1ccc([Si](c2ccc(C#N)cc2)(c2ccc([N+]#[C-])cc2)c2ccc(-c3ccc4ncncc4c3)cc2)cc1. The molecule has 0 atom stereocenters. The van der Waals surface area contributed by atoms with Crippen LogP contribution in [0.1, 0.15) is 5.56 Å². The molecule has 0 N–H and O–H groups in total. The topological polar surface area (TPSA) is 58.3 Å². The van der Waals surface area contributed by atoms with E-state index in [1.54, 1.807) is 6.33 Å². The second kappa shape index (κ2) is 10.7. The van der Waals surface area contributed by atoms with Crippen molar-refractivity contribution in [3.63, 3.8) is 0 Å². The average molecular weight is 540 g/mol. The van der Waals surface area contributed by atoms with E-state index in [2.05, 4.69) is 86.4 Å². The molecule has 1 heterocycles. The molecule has 1 aromatic heterocycles. The van der Waals surface area contributed by atoms with Crippen LogP contribution in [0.2, 0.25) is 0 Å². The lowest BCUT2D eigenvalue weighted by Gasteiger charge is -2.34. The molecule has 0 amide bonds. The number of hydrogen-bond acceptors (Lipinski definition) is 3. The van der Waals surface area contributed by atoms with E-state index in [9.17, 15) is 5.26 Å². The number of fused-ring (bicyclic) bond motifs is 1. The van der Waals surface area contributed by atoms with E-state index in [4.69, 9.17) is 13.1 Å². The first-order chi connectivity index (χ1) is 20.1. The van der Waals surface area contributed by atoms with Crippen molar-refractivity contribution in [3.05, 3.63) is 156 Å². The van der Waals surface area contributed by atoms with Crippen LogP contribution in [-0.2, 0) is 0 Å². The molecule has 6 rings (SSSR count). The Morgan fingerprint density at radius 2 is 1.10 bits per heavy atom. The molecule has 0 aliphatic carbocycles. The molecule has 0 fully saturated rings. The van der Waals surface area contributed by atoms with Crippen LogP contribution >= 0.6 is 0 Å². The van der Waals surface area contributed by atoms with Gasteiger partial charge in [0.25, 0.3) is 0 Å². The van der Waals surface area contributed by atoms with Gasteiger partial charge >= 0.3 is 0 Å². The minimum Gasteiger partial charge on any atom is -0.244 e. The standard InChI is InChI=1S/C35H21N5Si/c1-37-29-8-16-33(17-9-29)41(31-12-3-25(22-36)4-13-31,34-18-10-30(38-2)11-19-34)32-14-5-26(6-15-32)27-7-20-35-28(21-27)23-39-24-40-35/h3-21,23-24H. The third kappa shape index (κ3) is 4.54. The predicted molar refractivity (Wildman–Crippen MR) is 166 cm³/mol. The zero-order chi connectivity index (χ0) is 28.2. The van der Waals surface area contributed by atoms with Crippen LogP contribution in [0.25, 0.3) is 31.7 Å². The largest absolute Gasteiger partial charge is 0.244 e. The van der Waals surface area contributed by atoms with Gasteiger partial charge in [-0.05, 0) is 56.1 Å². The van der Waals surface area contributed by atoms with E-state index in [0.29, 0.717) is 16.9 Å². The highest BCUT2D eigenvalue weighted by Crippen LogP contribution is 2.24. The van der Waals surface area contributed by atoms with E-state index in [-0.39, 0.29) is 0 Å². The highest BCUT2D eigenvalue weighted by atomic mass is 28.3. The third-order valence-corrected chi connectivity index (χ3v) is 12.3. The molecule has 0 unspecified atom stereocenters. The summed E-state index contributed by atoms with van der Waals surface area (Å²) < 4.78 is 0. The summed E-state index contributed by atoms with van der Waals surface area (Å²) in [5.41, 5.74) is 4.81. The maximum atomic E-state index is 9.50. The van der Waals surface area contributed by atoms with E-state index < -0.39 is 8.07 Å². The number of hydrogen-bond donors (Lipinski definition) is 0. The molecule has 6 heteroatoms. The first kappa shape index (κ1) is 25.4. The Labute approximate surface area is 239 Å². The van der Waals surface area contributed by atoms with Gasteiger partial charge in [0.15, 0.2) is 19.4 Å². The van der Waals surface area contributed by atoms with Crippen molar-refractivity contribution in [3.8, 4) is 17.2 Å². The Hall–Kier alpha value is -5.87. The van der Waals surface area contributed by atoms with Gasteiger partial charge in [-0.15, -0.1) is 0 Å². The van der Waals surface area contributed by atoms with Crippen LogP contribution in [0.4, 0.5) is 11.4 Å². The van der Waals surface area contributed by atoms with Gasteiger partial charge in [-0.3, -0.25) is 0 Å². The Morgan fingerprint density at radius 3 is 1.61 bits per heavy atom. The minimum absolute atomic E-state index is 0.579. The van der Waals surface area contributed by atoms with Crippen LogP contribution in [0, 0.1) is 24.5 Å². The fraction of sp³-hybridized carbons (Fsp3) is 0. The molecule has 0 spiro atoms. The Bertz CT molecular complexity index is 1850. The van der Waals surface area contributed by atoms with E-state index in [1.165, 1.54) is 0 Å². The smallest absolute Gasteiger partial charge is 0.187 e. The van der Waals surface area contributed by atoms with E-state index in [1.807, 2.05) is 60.8 Å². The van der Waals surface area contributed by atoms with Crippen LogP contribution in [0.3, 0.4) is 0 Å². The number of nitrogens with zero attached hydrogens (tertiary/aromatic N) is 5. The first-order valence-corrected chi connectivity index (χ1v) is 14.9. The summed E-state index contributed by atoms with van der Waals surface area (Å²) in [6, 6.07) is 40.6. The molecule has 190 valence electrons. The number of aromatic nitrogens is 2. The highest BCUT2D eigenvalue weighted by molar-refractivity contribution is 7.19. The van der Waals surface area contributed by atoms with Crippen molar-refractivity contribution >= 4 is 51.1 Å². The van der Waals surface area contributed by atoms with Crippen molar-refractivity contribution in [1.29, 1.82) is 5.26 Å². The van der Waals surface area contributed by atoms with Crippen molar-refractivity contribution < 1.29 is 0 Å². The molecule has 0 aliphatic rings. The van der Waals surface area contributed by atoms with Crippen LogP contribution in [-0.4, -0.2) is 18.0 Å². The minimum atomic E-state index is -2.91. The van der Waals surface area contributed by atoms with Gasteiger partial charge in [-0.1, -0.05) is 91.0 Å². The van der Waals surface area contributed by atoms with Gasteiger partial charge in [-0.2, -0.15) is 5.26 Å². The summed E-state index contributed by atoms with van der Waals surface area (Å²) in [5.74, 6) is 0. The van der Waals surface area contributed by atoms with Crippen molar-refractivity contribution in [2.24, 2.45) is 0 Å². The molecule has 5 nitrogen and oxygen atoms in total. The molecule has 5 aromatic carbocycles. The molecular formula is C35H21N5Si. The third-order valence-electron chi connectivity index (χ3n) is 7.46. The van der Waals surface area contributed by atoms with Crippen LogP contribution < -0.4 is 20.7 Å². The zero-order valence-electron chi connectivity index (χ0n) is 21.9. The quantitative estimate of drug-likeness (QED) is 0.162. The Kier molecular flexibility index (Phi) is 6.64. The predicted octanol–water partition coefficient (Wildman–Crippen LogP) is 5.65. The maximum Gasteiger partial charge on any atom is 0.187 e. The zero-order valence-corrected chi connectivity index (χ0v) is 22.9. The maximum absolute atomic E-state index is 9.50. The fourth-order valence-corrected chi connectivity index (χ4v) is 10.1. The van der Waals surface area contributed by atoms with Gasteiger partial charge in [0, 0.05) is 11.6 Å². The molecule has 41 heavy (non-hydrogen) atoms. The molecule has 0 saturated heterocycles. The average Bonchev–Trinajstić information content (AvgIpc) is 3.06. The van der Waals surface area contributed by atoms with Gasteiger partial charge in [-0.25, -0.2) is 19.7 Å². The number of nitriles is 1. The highest BCUT2D eigenvalue weighted by Gasteiger charge is 2.41. The van der Waals surface area contributed by atoms with Gasteiger partial charge in [0.05, 0.1) is 30.3 Å². The van der Waals surface area contributed by atoms with Crippen LogP contribution in [0.15, 0.2) is 128 Å². The summed E-state index contributed by atoms with van der Waals surface area (Å²) in [5, 5.41) is 15.0. The lowest BCUT2D eigenvalue weighted by atomic mass is 10.0. The van der Waals surface area contributed by atoms with Crippen LogP contribution in [0.5, 0.6) is 0 Å². The monoisotopic (exact) mass is 539 g/mol. The summed E-state index contributed by atoms with van der Waals surface area (Å²) in [6.07, 6.45) is 3.38. The Morgan fingerprint density at radius 1 is 0.610 bits per heavy atom. The van der Waals surface area contributed by atoms with Gasteiger partial charge < -0.3 is 0 Å². The summed E-state index contributed by atoms with van der Waals surface area (Å²) in [7, 11) is -2.91.